The van der Waals surface area contributed by atoms with E-state index < -0.39 is 0 Å². The third kappa shape index (κ3) is 1.96. The first-order chi connectivity index (χ1) is 5.79. The van der Waals surface area contributed by atoms with Crippen LogP contribution in [-0.4, -0.2) is 5.78 Å². The second-order valence-electron chi connectivity index (χ2n) is 3.66. The molecule has 1 fully saturated rings. The largest absolute Gasteiger partial charge is 0.299 e. The minimum atomic E-state index is 0.293. The van der Waals surface area contributed by atoms with E-state index in [1.807, 2.05) is 6.08 Å². The number of carbonyl (C=O) groups excluding carboxylic acids is 1. The van der Waals surface area contributed by atoms with Crippen LogP contribution < -0.4 is 0 Å². The SMILES string of the molecule is C=CC[C@H]1C(=O)CCC[C@@H]1CC. The minimum absolute atomic E-state index is 0.293. The van der Waals surface area contributed by atoms with E-state index in [0.717, 1.165) is 25.7 Å². The van der Waals surface area contributed by atoms with Gasteiger partial charge in [-0.25, -0.2) is 0 Å². The molecule has 68 valence electrons. The molecule has 0 amide bonds. The maximum absolute atomic E-state index is 11.5. The van der Waals surface area contributed by atoms with Crippen LogP contribution in [0.2, 0.25) is 0 Å². The lowest BCUT2D eigenvalue weighted by Gasteiger charge is -2.28. The summed E-state index contributed by atoms with van der Waals surface area (Å²) in [4.78, 5) is 11.5. The number of allylic oxidation sites excluding steroid dienone is 1. The van der Waals surface area contributed by atoms with Gasteiger partial charge in [0, 0.05) is 12.3 Å². The first kappa shape index (κ1) is 9.50. The normalized spacial score (nSPS) is 30.2. The fraction of sp³-hybridized carbons (Fsp3) is 0.727. The number of ketones is 1. The molecule has 0 heterocycles. The Morgan fingerprint density at radius 1 is 1.67 bits per heavy atom. The topological polar surface area (TPSA) is 17.1 Å². The second-order valence-corrected chi connectivity index (χ2v) is 3.66. The van der Waals surface area contributed by atoms with Gasteiger partial charge in [-0.15, -0.1) is 6.58 Å². The van der Waals surface area contributed by atoms with Crippen molar-refractivity contribution in [2.45, 2.75) is 39.0 Å². The van der Waals surface area contributed by atoms with Crippen molar-refractivity contribution >= 4 is 5.78 Å². The van der Waals surface area contributed by atoms with Crippen LogP contribution >= 0.6 is 0 Å². The molecule has 1 saturated carbocycles. The zero-order valence-corrected chi connectivity index (χ0v) is 7.88. The minimum Gasteiger partial charge on any atom is -0.299 e. The molecular formula is C11H18O. The first-order valence-electron chi connectivity index (χ1n) is 4.93. The van der Waals surface area contributed by atoms with Gasteiger partial charge in [0.05, 0.1) is 0 Å². The zero-order chi connectivity index (χ0) is 8.97. The Bertz CT molecular complexity index is 172. The quantitative estimate of drug-likeness (QED) is 0.589. The monoisotopic (exact) mass is 166 g/mol. The Labute approximate surface area is 74.9 Å². The Morgan fingerprint density at radius 2 is 2.42 bits per heavy atom. The highest BCUT2D eigenvalue weighted by molar-refractivity contribution is 5.82. The van der Waals surface area contributed by atoms with Crippen LogP contribution in [0.3, 0.4) is 0 Å². The lowest BCUT2D eigenvalue weighted by atomic mass is 9.75. The molecule has 1 nitrogen and oxygen atoms in total. The van der Waals surface area contributed by atoms with Crippen molar-refractivity contribution in [3.05, 3.63) is 12.7 Å². The van der Waals surface area contributed by atoms with Crippen molar-refractivity contribution in [1.82, 2.24) is 0 Å². The average molecular weight is 166 g/mol. The summed E-state index contributed by atoms with van der Waals surface area (Å²) in [7, 11) is 0. The number of carbonyl (C=O) groups is 1. The lowest BCUT2D eigenvalue weighted by molar-refractivity contribution is -0.126. The lowest BCUT2D eigenvalue weighted by Crippen LogP contribution is -2.27. The van der Waals surface area contributed by atoms with E-state index in [2.05, 4.69) is 13.5 Å². The molecule has 1 aliphatic rings. The number of hydrogen-bond donors (Lipinski definition) is 0. The Morgan fingerprint density at radius 3 is 3.00 bits per heavy atom. The highest BCUT2D eigenvalue weighted by atomic mass is 16.1. The van der Waals surface area contributed by atoms with Crippen LogP contribution in [0.1, 0.15) is 39.0 Å². The molecule has 0 spiro atoms. The standard InChI is InChI=1S/C11H18O/c1-3-6-10-9(4-2)7-5-8-11(10)12/h3,9-10H,1,4-8H2,2H3/t9-,10+/m0/s1. The summed E-state index contributed by atoms with van der Waals surface area (Å²) < 4.78 is 0. The second kappa shape index (κ2) is 4.44. The average Bonchev–Trinajstić information content (AvgIpc) is 2.09. The van der Waals surface area contributed by atoms with Crippen molar-refractivity contribution in [3.8, 4) is 0 Å². The van der Waals surface area contributed by atoms with Crippen LogP contribution in [0.25, 0.3) is 0 Å². The first-order valence-corrected chi connectivity index (χ1v) is 4.93. The van der Waals surface area contributed by atoms with Gasteiger partial charge < -0.3 is 0 Å². The van der Waals surface area contributed by atoms with Crippen molar-refractivity contribution in [2.24, 2.45) is 11.8 Å². The van der Waals surface area contributed by atoms with E-state index >= 15 is 0 Å². The van der Waals surface area contributed by atoms with Crippen molar-refractivity contribution < 1.29 is 4.79 Å². The zero-order valence-electron chi connectivity index (χ0n) is 7.88. The van der Waals surface area contributed by atoms with Crippen molar-refractivity contribution in [2.75, 3.05) is 0 Å². The number of hydrogen-bond acceptors (Lipinski definition) is 1. The molecule has 0 radical (unpaired) electrons. The van der Waals surface area contributed by atoms with Gasteiger partial charge in [0.25, 0.3) is 0 Å². The highest BCUT2D eigenvalue weighted by Gasteiger charge is 2.28. The highest BCUT2D eigenvalue weighted by Crippen LogP contribution is 2.31. The van der Waals surface area contributed by atoms with Crippen LogP contribution in [0, 0.1) is 11.8 Å². The van der Waals surface area contributed by atoms with E-state index in [4.69, 9.17) is 0 Å². The predicted molar refractivity (Wildman–Crippen MR) is 50.9 cm³/mol. The number of Topliss-reactive ketones (excluding diaryl/α,β-unsaturated/α-hetero) is 1. The summed E-state index contributed by atoms with van der Waals surface area (Å²) in [5, 5.41) is 0. The summed E-state index contributed by atoms with van der Waals surface area (Å²) in [6.07, 6.45) is 7.05. The van der Waals surface area contributed by atoms with Gasteiger partial charge in [-0.1, -0.05) is 19.4 Å². The fourth-order valence-corrected chi connectivity index (χ4v) is 2.18. The molecule has 2 atom stereocenters. The van der Waals surface area contributed by atoms with Gasteiger partial charge in [-0.2, -0.15) is 0 Å². The van der Waals surface area contributed by atoms with Gasteiger partial charge in [0.15, 0.2) is 0 Å². The van der Waals surface area contributed by atoms with Gasteiger partial charge in [-0.3, -0.25) is 4.79 Å². The summed E-state index contributed by atoms with van der Waals surface area (Å²) in [5.74, 6) is 1.39. The molecule has 0 bridgehead atoms. The van der Waals surface area contributed by atoms with Crippen LogP contribution in [-0.2, 0) is 4.79 Å². The molecule has 0 aliphatic heterocycles. The van der Waals surface area contributed by atoms with Gasteiger partial charge in [0.2, 0.25) is 0 Å². The molecule has 0 aromatic heterocycles. The molecule has 0 unspecified atom stereocenters. The van der Waals surface area contributed by atoms with E-state index in [-0.39, 0.29) is 0 Å². The molecular weight excluding hydrogens is 148 g/mol. The van der Waals surface area contributed by atoms with Gasteiger partial charge >= 0.3 is 0 Å². The maximum Gasteiger partial charge on any atom is 0.136 e. The summed E-state index contributed by atoms with van der Waals surface area (Å²) >= 11 is 0. The molecule has 1 aliphatic carbocycles. The van der Waals surface area contributed by atoms with E-state index in [1.165, 1.54) is 6.42 Å². The van der Waals surface area contributed by atoms with Gasteiger partial charge in [-0.05, 0) is 25.2 Å². The molecule has 1 heteroatoms. The number of rotatable bonds is 3. The molecule has 0 N–H and O–H groups in total. The smallest absolute Gasteiger partial charge is 0.136 e. The third-order valence-electron chi connectivity index (χ3n) is 2.93. The maximum atomic E-state index is 11.5. The van der Waals surface area contributed by atoms with Crippen LogP contribution in [0.15, 0.2) is 12.7 Å². The third-order valence-corrected chi connectivity index (χ3v) is 2.93. The summed E-state index contributed by atoms with van der Waals surface area (Å²) in [6.45, 7) is 5.89. The van der Waals surface area contributed by atoms with Crippen molar-refractivity contribution in [1.29, 1.82) is 0 Å². The Kier molecular flexibility index (Phi) is 3.51. The molecule has 1 rings (SSSR count). The summed E-state index contributed by atoms with van der Waals surface area (Å²) in [5.41, 5.74) is 0. The van der Waals surface area contributed by atoms with Crippen LogP contribution in [0.5, 0.6) is 0 Å². The molecule has 12 heavy (non-hydrogen) atoms. The van der Waals surface area contributed by atoms with E-state index in [9.17, 15) is 4.79 Å². The fourth-order valence-electron chi connectivity index (χ4n) is 2.18. The molecule has 0 aromatic carbocycles. The van der Waals surface area contributed by atoms with Crippen molar-refractivity contribution in [3.63, 3.8) is 0 Å². The van der Waals surface area contributed by atoms with E-state index in [1.54, 1.807) is 0 Å². The summed E-state index contributed by atoms with van der Waals surface area (Å²) in [6, 6.07) is 0. The Hall–Kier alpha value is -0.590. The Balaban J connectivity index is 2.58. The van der Waals surface area contributed by atoms with Gasteiger partial charge in [0.1, 0.15) is 5.78 Å². The molecule has 0 saturated heterocycles. The van der Waals surface area contributed by atoms with E-state index in [0.29, 0.717) is 17.6 Å². The predicted octanol–water partition coefficient (Wildman–Crippen LogP) is 2.96. The molecule has 0 aromatic rings. The van der Waals surface area contributed by atoms with Crippen LogP contribution in [0.4, 0.5) is 0 Å².